The molecule has 5 nitrogen and oxygen atoms in total. The van der Waals surface area contributed by atoms with E-state index in [0.717, 1.165) is 12.8 Å². The van der Waals surface area contributed by atoms with E-state index in [2.05, 4.69) is 5.32 Å². The molecule has 0 fully saturated rings. The van der Waals surface area contributed by atoms with Gasteiger partial charge in [-0.1, -0.05) is 13.3 Å². The second kappa shape index (κ2) is 7.61. The Kier molecular flexibility index (Phi) is 6.12. The first-order chi connectivity index (χ1) is 9.02. The van der Waals surface area contributed by atoms with Gasteiger partial charge in [0.1, 0.15) is 12.0 Å². The van der Waals surface area contributed by atoms with E-state index in [0.29, 0.717) is 30.2 Å². The van der Waals surface area contributed by atoms with E-state index in [4.69, 9.17) is 9.52 Å². The first-order valence-corrected chi connectivity index (χ1v) is 6.58. The van der Waals surface area contributed by atoms with Crippen LogP contribution in [0.2, 0.25) is 0 Å². The zero-order chi connectivity index (χ0) is 14.3. The van der Waals surface area contributed by atoms with Gasteiger partial charge >= 0.3 is 5.97 Å². The number of aryl methyl sites for hydroxylation is 1. The van der Waals surface area contributed by atoms with E-state index < -0.39 is 5.97 Å². The molecular formula is C14H21NO4. The Morgan fingerprint density at radius 1 is 1.42 bits per heavy atom. The van der Waals surface area contributed by atoms with E-state index in [1.807, 2.05) is 6.92 Å². The van der Waals surface area contributed by atoms with Crippen molar-refractivity contribution in [1.29, 1.82) is 0 Å². The molecule has 0 aliphatic heterocycles. The van der Waals surface area contributed by atoms with Crippen LogP contribution < -0.4 is 5.32 Å². The second-order valence-corrected chi connectivity index (χ2v) is 4.70. The van der Waals surface area contributed by atoms with Gasteiger partial charge in [0.15, 0.2) is 0 Å². The summed E-state index contributed by atoms with van der Waals surface area (Å²) in [6.45, 7) is 4.38. The van der Waals surface area contributed by atoms with Crippen LogP contribution in [0.1, 0.15) is 48.7 Å². The average Bonchev–Trinajstić information content (AvgIpc) is 2.79. The number of hydrogen-bond donors (Lipinski definition) is 2. The monoisotopic (exact) mass is 267 g/mol. The van der Waals surface area contributed by atoms with Crippen LogP contribution in [0, 0.1) is 12.8 Å². The molecule has 1 rings (SSSR count). The molecule has 0 aliphatic rings. The van der Waals surface area contributed by atoms with Crippen molar-refractivity contribution in [1.82, 2.24) is 5.32 Å². The van der Waals surface area contributed by atoms with Crippen LogP contribution in [-0.4, -0.2) is 23.5 Å². The van der Waals surface area contributed by atoms with Crippen molar-refractivity contribution in [3.05, 3.63) is 23.7 Å². The van der Waals surface area contributed by atoms with Gasteiger partial charge in [-0.3, -0.25) is 9.59 Å². The maximum atomic E-state index is 11.7. The minimum atomic E-state index is -0.767. The van der Waals surface area contributed by atoms with Gasteiger partial charge in [0.25, 0.3) is 5.91 Å². The first kappa shape index (κ1) is 15.3. The topological polar surface area (TPSA) is 79.5 Å². The van der Waals surface area contributed by atoms with Gasteiger partial charge in [-0.25, -0.2) is 0 Å². The van der Waals surface area contributed by atoms with Crippen molar-refractivity contribution in [2.45, 2.75) is 39.5 Å². The Hall–Kier alpha value is -1.78. The summed E-state index contributed by atoms with van der Waals surface area (Å²) in [5, 5.41) is 11.5. The Bertz CT molecular complexity index is 425. The van der Waals surface area contributed by atoms with Crippen LogP contribution in [0.25, 0.3) is 0 Å². The third kappa shape index (κ3) is 5.59. The minimum absolute atomic E-state index is 0.148. The van der Waals surface area contributed by atoms with Crippen LogP contribution in [0.5, 0.6) is 0 Å². The summed E-state index contributed by atoms with van der Waals surface area (Å²) in [4.78, 5) is 22.2. The molecule has 19 heavy (non-hydrogen) atoms. The fourth-order valence-corrected chi connectivity index (χ4v) is 1.93. The largest absolute Gasteiger partial charge is 0.481 e. The molecule has 1 amide bonds. The fourth-order valence-electron chi connectivity index (χ4n) is 1.93. The summed E-state index contributed by atoms with van der Waals surface area (Å²) < 4.78 is 5.07. The Balaban J connectivity index is 2.28. The highest BCUT2D eigenvalue weighted by Gasteiger charge is 2.11. The Morgan fingerprint density at radius 3 is 2.68 bits per heavy atom. The number of carboxylic acids is 1. The van der Waals surface area contributed by atoms with Crippen molar-refractivity contribution in [3.8, 4) is 0 Å². The molecule has 1 aromatic rings. The van der Waals surface area contributed by atoms with Gasteiger partial charge in [-0.15, -0.1) is 0 Å². The third-order valence-corrected chi connectivity index (χ3v) is 3.17. The zero-order valence-electron chi connectivity index (χ0n) is 11.4. The third-order valence-electron chi connectivity index (χ3n) is 3.17. The predicted molar refractivity (Wildman–Crippen MR) is 71.0 cm³/mol. The molecule has 1 heterocycles. The highest BCUT2D eigenvalue weighted by Crippen LogP contribution is 2.14. The van der Waals surface area contributed by atoms with Gasteiger partial charge in [-0.05, 0) is 31.7 Å². The number of rotatable bonds is 8. The summed E-state index contributed by atoms with van der Waals surface area (Å²) in [6.07, 6.45) is 4.01. The standard InChI is InChI=1S/C14H21NO4/c1-3-11(4-5-13(16)17)6-7-15-14(18)12-8-10(2)19-9-12/h8-9,11H,3-7H2,1-2H3,(H,15,18)(H,16,17). The molecule has 1 unspecified atom stereocenters. The lowest BCUT2D eigenvalue weighted by molar-refractivity contribution is -0.137. The van der Waals surface area contributed by atoms with Crippen LogP contribution in [0.4, 0.5) is 0 Å². The summed E-state index contributed by atoms with van der Waals surface area (Å²) in [6, 6.07) is 1.69. The normalized spacial score (nSPS) is 12.1. The van der Waals surface area contributed by atoms with E-state index in [9.17, 15) is 9.59 Å². The number of hydrogen-bond acceptors (Lipinski definition) is 3. The number of aliphatic carboxylic acids is 1. The van der Waals surface area contributed by atoms with Crippen LogP contribution >= 0.6 is 0 Å². The zero-order valence-corrected chi connectivity index (χ0v) is 11.4. The lowest BCUT2D eigenvalue weighted by Gasteiger charge is -2.13. The molecule has 0 aromatic carbocycles. The van der Waals surface area contributed by atoms with Crippen LogP contribution in [0.3, 0.4) is 0 Å². The molecule has 0 aliphatic carbocycles. The predicted octanol–water partition coefficient (Wildman–Crippen LogP) is 2.60. The number of carbonyl (C=O) groups excluding carboxylic acids is 1. The van der Waals surface area contributed by atoms with Gasteiger partial charge in [0.05, 0.1) is 5.56 Å². The van der Waals surface area contributed by atoms with Crippen molar-refractivity contribution >= 4 is 11.9 Å². The summed E-state index contributed by atoms with van der Waals surface area (Å²) in [5.41, 5.74) is 0.524. The number of amides is 1. The van der Waals surface area contributed by atoms with Crippen molar-refractivity contribution in [2.75, 3.05) is 6.54 Å². The highest BCUT2D eigenvalue weighted by atomic mass is 16.4. The fraction of sp³-hybridized carbons (Fsp3) is 0.571. The van der Waals surface area contributed by atoms with Crippen LogP contribution in [0.15, 0.2) is 16.7 Å². The van der Waals surface area contributed by atoms with Crippen molar-refractivity contribution < 1.29 is 19.1 Å². The molecule has 5 heteroatoms. The van der Waals surface area contributed by atoms with E-state index in [1.54, 1.807) is 13.0 Å². The van der Waals surface area contributed by atoms with E-state index >= 15 is 0 Å². The van der Waals surface area contributed by atoms with E-state index in [-0.39, 0.29) is 12.3 Å². The average molecular weight is 267 g/mol. The number of carboxylic acid groups (broad SMARTS) is 1. The number of nitrogens with one attached hydrogen (secondary N) is 1. The molecular weight excluding hydrogens is 246 g/mol. The van der Waals surface area contributed by atoms with Gasteiger partial charge in [0.2, 0.25) is 0 Å². The lowest BCUT2D eigenvalue weighted by atomic mass is 9.96. The molecule has 0 spiro atoms. The van der Waals surface area contributed by atoms with Crippen LogP contribution in [-0.2, 0) is 4.79 Å². The lowest BCUT2D eigenvalue weighted by Crippen LogP contribution is -2.25. The SMILES string of the molecule is CCC(CCNC(=O)c1coc(C)c1)CCC(=O)O. The summed E-state index contributed by atoms with van der Waals surface area (Å²) >= 11 is 0. The maximum Gasteiger partial charge on any atom is 0.303 e. The van der Waals surface area contributed by atoms with Gasteiger partial charge < -0.3 is 14.8 Å². The molecule has 0 bridgehead atoms. The second-order valence-electron chi connectivity index (χ2n) is 4.70. The Labute approximate surface area is 113 Å². The number of carbonyl (C=O) groups is 2. The van der Waals surface area contributed by atoms with Crippen molar-refractivity contribution in [2.24, 2.45) is 5.92 Å². The van der Waals surface area contributed by atoms with Crippen molar-refractivity contribution in [3.63, 3.8) is 0 Å². The molecule has 1 aromatic heterocycles. The highest BCUT2D eigenvalue weighted by molar-refractivity contribution is 5.93. The molecule has 2 N–H and O–H groups in total. The molecule has 0 saturated carbocycles. The summed E-state index contributed by atoms with van der Waals surface area (Å²) in [5.74, 6) is 0.127. The van der Waals surface area contributed by atoms with Gasteiger partial charge in [0, 0.05) is 13.0 Å². The quantitative estimate of drug-likeness (QED) is 0.758. The minimum Gasteiger partial charge on any atom is -0.481 e. The first-order valence-electron chi connectivity index (χ1n) is 6.58. The van der Waals surface area contributed by atoms with Gasteiger partial charge in [-0.2, -0.15) is 0 Å². The molecule has 0 saturated heterocycles. The molecule has 0 radical (unpaired) electrons. The Morgan fingerprint density at radius 2 is 2.16 bits per heavy atom. The number of furan rings is 1. The maximum absolute atomic E-state index is 11.7. The molecule has 1 atom stereocenters. The van der Waals surface area contributed by atoms with E-state index in [1.165, 1.54) is 6.26 Å². The summed E-state index contributed by atoms with van der Waals surface area (Å²) in [7, 11) is 0. The smallest absolute Gasteiger partial charge is 0.303 e. The molecule has 106 valence electrons.